The minimum absolute atomic E-state index is 0.478. The number of rotatable bonds is 2. The summed E-state index contributed by atoms with van der Waals surface area (Å²) in [6.45, 7) is 4.29. The minimum atomic E-state index is 0.478. The van der Waals surface area contributed by atoms with Crippen LogP contribution in [0.4, 0.5) is 0 Å². The Hall–Kier alpha value is -0.273. The Labute approximate surface area is 75.1 Å². The van der Waals surface area contributed by atoms with E-state index in [1.807, 2.05) is 0 Å². The summed E-state index contributed by atoms with van der Waals surface area (Å²) in [6, 6.07) is 8.40. The molecule has 0 aromatic heterocycles. The van der Waals surface area contributed by atoms with E-state index in [-0.39, 0.29) is 0 Å². The predicted molar refractivity (Wildman–Crippen MR) is 51.2 cm³/mol. The Kier molecular flexibility index (Phi) is 3.15. The lowest BCUT2D eigenvalue weighted by Crippen LogP contribution is -1.99. The standard InChI is InChI=1S/C9H11ClSi/c1-7-5-3-4-6-9(7)8(2)11-10/h3-6,8H,1-2H3. The molecule has 2 heteroatoms. The van der Waals surface area contributed by atoms with E-state index in [0.29, 0.717) is 14.4 Å². The van der Waals surface area contributed by atoms with Crippen molar-refractivity contribution >= 4 is 19.9 Å². The van der Waals surface area contributed by atoms with Crippen LogP contribution in [0.2, 0.25) is 0 Å². The highest BCUT2D eigenvalue weighted by molar-refractivity contribution is 6.94. The third-order valence-electron chi connectivity index (χ3n) is 1.82. The lowest BCUT2D eigenvalue weighted by molar-refractivity contribution is 1.05. The zero-order chi connectivity index (χ0) is 8.27. The molecule has 2 radical (unpaired) electrons. The van der Waals surface area contributed by atoms with Crippen LogP contribution >= 0.6 is 11.1 Å². The van der Waals surface area contributed by atoms with Gasteiger partial charge in [-0.2, -0.15) is 11.1 Å². The maximum atomic E-state index is 5.79. The molecular formula is C9H11ClSi. The summed E-state index contributed by atoms with van der Waals surface area (Å²) in [5.74, 6) is 0. The summed E-state index contributed by atoms with van der Waals surface area (Å²) in [5, 5.41) is 0. The van der Waals surface area contributed by atoms with E-state index in [2.05, 4.69) is 38.1 Å². The fourth-order valence-electron chi connectivity index (χ4n) is 1.13. The Morgan fingerprint density at radius 1 is 1.36 bits per heavy atom. The maximum absolute atomic E-state index is 5.79. The van der Waals surface area contributed by atoms with Gasteiger partial charge in [-0.15, -0.1) is 0 Å². The van der Waals surface area contributed by atoms with Gasteiger partial charge in [-0.3, -0.25) is 0 Å². The van der Waals surface area contributed by atoms with Crippen molar-refractivity contribution in [2.24, 2.45) is 0 Å². The van der Waals surface area contributed by atoms with Crippen LogP contribution < -0.4 is 0 Å². The van der Waals surface area contributed by atoms with Crippen molar-refractivity contribution < 1.29 is 0 Å². The van der Waals surface area contributed by atoms with Gasteiger partial charge >= 0.3 is 0 Å². The summed E-state index contributed by atoms with van der Waals surface area (Å²) in [5.41, 5.74) is 3.21. The first-order valence-corrected chi connectivity index (χ1v) is 5.76. The molecule has 0 saturated heterocycles. The molecule has 1 unspecified atom stereocenters. The second kappa shape index (κ2) is 3.93. The van der Waals surface area contributed by atoms with Crippen molar-refractivity contribution in [3.05, 3.63) is 35.4 Å². The van der Waals surface area contributed by atoms with Crippen LogP contribution in [0, 0.1) is 6.92 Å². The zero-order valence-electron chi connectivity index (χ0n) is 6.76. The van der Waals surface area contributed by atoms with E-state index in [0.717, 1.165) is 0 Å². The maximum Gasteiger partial charge on any atom is 0.179 e. The van der Waals surface area contributed by atoms with Crippen molar-refractivity contribution in [1.82, 2.24) is 0 Å². The van der Waals surface area contributed by atoms with E-state index in [1.165, 1.54) is 11.1 Å². The molecule has 1 atom stereocenters. The number of hydrogen-bond donors (Lipinski definition) is 0. The highest BCUT2D eigenvalue weighted by Gasteiger charge is 2.06. The van der Waals surface area contributed by atoms with Gasteiger partial charge in [0.05, 0.1) is 0 Å². The largest absolute Gasteiger partial charge is 0.179 e. The van der Waals surface area contributed by atoms with Crippen LogP contribution in [0.15, 0.2) is 24.3 Å². The first kappa shape index (κ1) is 8.82. The Bertz CT molecular complexity index is 235. The van der Waals surface area contributed by atoms with E-state index in [1.54, 1.807) is 0 Å². The minimum Gasteiger partial charge on any atom is -0.171 e. The number of hydrogen-bond acceptors (Lipinski definition) is 0. The summed E-state index contributed by atoms with van der Waals surface area (Å²) >= 11 is 5.79. The average Bonchev–Trinajstić information content (AvgIpc) is 2.04. The predicted octanol–water partition coefficient (Wildman–Crippen LogP) is 2.91. The molecule has 0 heterocycles. The lowest BCUT2D eigenvalue weighted by atomic mass is 10.1. The van der Waals surface area contributed by atoms with Gasteiger partial charge < -0.3 is 0 Å². The molecule has 0 aliphatic heterocycles. The lowest BCUT2D eigenvalue weighted by Gasteiger charge is -2.09. The van der Waals surface area contributed by atoms with Gasteiger partial charge in [0.15, 0.2) is 8.83 Å². The van der Waals surface area contributed by atoms with Crippen LogP contribution in [0.3, 0.4) is 0 Å². The molecule has 0 aliphatic carbocycles. The van der Waals surface area contributed by atoms with Crippen LogP contribution in [0.1, 0.15) is 23.6 Å². The highest BCUT2D eigenvalue weighted by atomic mass is 35.6. The number of halogens is 1. The number of benzene rings is 1. The third kappa shape index (κ3) is 2.08. The van der Waals surface area contributed by atoms with Crippen molar-refractivity contribution in [1.29, 1.82) is 0 Å². The molecule has 58 valence electrons. The molecule has 1 rings (SSSR count). The van der Waals surface area contributed by atoms with Gasteiger partial charge in [-0.05, 0) is 23.6 Å². The normalized spacial score (nSPS) is 13.0. The second-order valence-electron chi connectivity index (χ2n) is 2.69. The first-order valence-electron chi connectivity index (χ1n) is 3.67. The second-order valence-corrected chi connectivity index (χ2v) is 4.43. The van der Waals surface area contributed by atoms with Gasteiger partial charge in [0, 0.05) is 0 Å². The SMILES string of the molecule is Cc1ccccc1C(C)[Si]Cl. The van der Waals surface area contributed by atoms with Gasteiger partial charge in [0.1, 0.15) is 0 Å². The third-order valence-corrected chi connectivity index (χ3v) is 3.44. The van der Waals surface area contributed by atoms with E-state index in [9.17, 15) is 0 Å². The summed E-state index contributed by atoms with van der Waals surface area (Å²) in [7, 11) is 0.478. The van der Waals surface area contributed by atoms with Crippen LogP contribution in [0.5, 0.6) is 0 Å². The van der Waals surface area contributed by atoms with E-state index in [4.69, 9.17) is 11.1 Å². The van der Waals surface area contributed by atoms with Gasteiger partial charge in [-0.1, -0.05) is 31.2 Å². The average molecular weight is 183 g/mol. The molecule has 0 amide bonds. The van der Waals surface area contributed by atoms with Gasteiger partial charge in [-0.25, -0.2) is 0 Å². The van der Waals surface area contributed by atoms with Crippen molar-refractivity contribution in [2.45, 2.75) is 19.4 Å². The Morgan fingerprint density at radius 3 is 2.55 bits per heavy atom. The molecule has 0 bridgehead atoms. The molecule has 0 N–H and O–H groups in total. The first-order chi connectivity index (χ1) is 5.25. The summed E-state index contributed by atoms with van der Waals surface area (Å²) in [4.78, 5) is 0. The quantitative estimate of drug-likeness (QED) is 0.488. The zero-order valence-corrected chi connectivity index (χ0v) is 8.52. The number of aryl methyl sites for hydroxylation is 1. The van der Waals surface area contributed by atoms with Crippen molar-refractivity contribution in [3.63, 3.8) is 0 Å². The fraction of sp³-hybridized carbons (Fsp3) is 0.333. The Morgan fingerprint density at radius 2 is 2.00 bits per heavy atom. The van der Waals surface area contributed by atoms with Gasteiger partial charge in [0.2, 0.25) is 0 Å². The topological polar surface area (TPSA) is 0 Å². The van der Waals surface area contributed by atoms with E-state index >= 15 is 0 Å². The molecule has 1 aromatic carbocycles. The highest BCUT2D eigenvalue weighted by Crippen LogP contribution is 2.18. The molecule has 0 spiro atoms. The summed E-state index contributed by atoms with van der Waals surface area (Å²) in [6.07, 6.45) is 0. The molecular weight excluding hydrogens is 172 g/mol. The van der Waals surface area contributed by atoms with Gasteiger partial charge in [0.25, 0.3) is 0 Å². The summed E-state index contributed by atoms with van der Waals surface area (Å²) < 4.78 is 0. The van der Waals surface area contributed by atoms with Crippen LogP contribution in [0.25, 0.3) is 0 Å². The van der Waals surface area contributed by atoms with E-state index < -0.39 is 0 Å². The molecule has 0 fully saturated rings. The monoisotopic (exact) mass is 182 g/mol. The Balaban J connectivity index is 2.93. The molecule has 1 aromatic rings. The van der Waals surface area contributed by atoms with Crippen LogP contribution in [-0.2, 0) is 0 Å². The van der Waals surface area contributed by atoms with Crippen molar-refractivity contribution in [3.8, 4) is 0 Å². The molecule has 0 saturated carbocycles. The molecule has 0 nitrogen and oxygen atoms in total. The van der Waals surface area contributed by atoms with Crippen LogP contribution in [-0.4, -0.2) is 8.83 Å². The smallest absolute Gasteiger partial charge is 0.171 e. The van der Waals surface area contributed by atoms with Crippen molar-refractivity contribution in [2.75, 3.05) is 0 Å². The fourth-order valence-corrected chi connectivity index (χ4v) is 1.93. The molecule has 11 heavy (non-hydrogen) atoms. The molecule has 0 aliphatic rings.